The minimum atomic E-state index is 0.170. The highest BCUT2D eigenvalue weighted by Gasteiger charge is 2.48. The molecule has 2 aromatic rings. The zero-order valence-corrected chi connectivity index (χ0v) is 21.0. The van der Waals surface area contributed by atoms with Crippen LogP contribution in [-0.4, -0.2) is 9.97 Å². The van der Waals surface area contributed by atoms with Gasteiger partial charge in [0.25, 0.3) is 0 Å². The van der Waals surface area contributed by atoms with E-state index in [4.69, 9.17) is 0 Å². The molecule has 0 aromatic carbocycles. The van der Waals surface area contributed by atoms with Crippen LogP contribution in [0.2, 0.25) is 0 Å². The van der Waals surface area contributed by atoms with Gasteiger partial charge in [-0.2, -0.15) is 0 Å². The van der Waals surface area contributed by atoms with Gasteiger partial charge in [-0.05, 0) is 113 Å². The topological polar surface area (TPSA) is 25.8 Å². The molecule has 0 spiro atoms. The lowest BCUT2D eigenvalue weighted by Gasteiger charge is -2.49. The first kappa shape index (κ1) is 23.0. The Morgan fingerprint density at radius 3 is 1.00 bits per heavy atom. The average molecular weight is 469 g/mol. The van der Waals surface area contributed by atoms with Crippen molar-refractivity contribution < 1.29 is 0 Å². The van der Waals surface area contributed by atoms with Crippen LogP contribution >= 0.6 is 0 Å². The summed E-state index contributed by atoms with van der Waals surface area (Å²) < 4.78 is 0. The Morgan fingerprint density at radius 1 is 0.417 bits per heavy atom. The van der Waals surface area contributed by atoms with Gasteiger partial charge in [0.1, 0.15) is 0 Å². The Labute approximate surface area is 216 Å². The zero-order valence-electron chi connectivity index (χ0n) is 21.0. The summed E-state index contributed by atoms with van der Waals surface area (Å²) in [6, 6.07) is 7.99. The molecule has 2 aromatic heterocycles. The SMILES string of the molecule is C(C#CC12CCC(C#Cc3ccncc3)(CC1)CC2)#CC12CCC(C#Cc3ccncc3)(CC1)CC2. The molecule has 6 aliphatic rings. The van der Waals surface area contributed by atoms with Gasteiger partial charge in [0, 0.05) is 57.6 Å². The van der Waals surface area contributed by atoms with Gasteiger partial charge in [0.05, 0.1) is 0 Å². The van der Waals surface area contributed by atoms with E-state index in [0.717, 1.165) is 49.7 Å². The van der Waals surface area contributed by atoms with Gasteiger partial charge < -0.3 is 0 Å². The molecular weight excluding hydrogens is 436 g/mol. The number of fused-ring (bicyclic) bond motifs is 6. The number of pyridine rings is 2. The molecule has 4 bridgehead atoms. The van der Waals surface area contributed by atoms with Crippen LogP contribution in [-0.2, 0) is 0 Å². The third-order valence-electron chi connectivity index (χ3n) is 9.52. The van der Waals surface area contributed by atoms with Crippen LogP contribution in [0, 0.1) is 69.0 Å². The van der Waals surface area contributed by atoms with E-state index in [2.05, 4.69) is 57.3 Å². The summed E-state index contributed by atoms with van der Waals surface area (Å²) in [5.41, 5.74) is 2.86. The average Bonchev–Trinajstić information content (AvgIpc) is 2.97. The van der Waals surface area contributed by atoms with E-state index >= 15 is 0 Å². The van der Waals surface area contributed by atoms with Gasteiger partial charge in [-0.1, -0.05) is 35.5 Å². The summed E-state index contributed by atoms with van der Waals surface area (Å²) in [4.78, 5) is 8.18. The van der Waals surface area contributed by atoms with Crippen molar-refractivity contribution >= 4 is 0 Å². The van der Waals surface area contributed by atoms with Crippen molar-refractivity contribution in [3.63, 3.8) is 0 Å². The second kappa shape index (κ2) is 9.20. The van der Waals surface area contributed by atoms with Gasteiger partial charge in [-0.3, -0.25) is 9.97 Å². The highest BCUT2D eigenvalue weighted by molar-refractivity contribution is 5.38. The fourth-order valence-corrected chi connectivity index (χ4v) is 6.73. The fraction of sp³-hybridized carbons (Fsp3) is 0.471. The van der Waals surface area contributed by atoms with Crippen molar-refractivity contribution in [2.45, 2.75) is 77.0 Å². The van der Waals surface area contributed by atoms with Gasteiger partial charge in [0.15, 0.2) is 0 Å². The van der Waals surface area contributed by atoms with E-state index in [0.29, 0.717) is 0 Å². The predicted octanol–water partition coefficient (Wildman–Crippen LogP) is 6.57. The van der Waals surface area contributed by atoms with Crippen LogP contribution in [0.25, 0.3) is 0 Å². The molecule has 2 heteroatoms. The Balaban J connectivity index is 1.07. The number of hydrogen-bond acceptors (Lipinski definition) is 2. The summed E-state index contributed by atoms with van der Waals surface area (Å²) >= 11 is 0. The zero-order chi connectivity index (χ0) is 24.4. The summed E-state index contributed by atoms with van der Waals surface area (Å²) in [5, 5.41) is 0. The molecule has 6 aliphatic carbocycles. The van der Waals surface area contributed by atoms with Crippen LogP contribution in [0.3, 0.4) is 0 Å². The summed E-state index contributed by atoms with van der Waals surface area (Å²) in [7, 11) is 0. The number of hydrogen-bond donors (Lipinski definition) is 0. The van der Waals surface area contributed by atoms with Gasteiger partial charge in [-0.15, -0.1) is 0 Å². The Bertz CT molecular complexity index is 1210. The maximum atomic E-state index is 4.09. The molecule has 0 N–H and O–H groups in total. The molecule has 6 fully saturated rings. The molecule has 2 nitrogen and oxygen atoms in total. The van der Waals surface area contributed by atoms with E-state index in [1.165, 1.54) is 38.5 Å². The van der Waals surface area contributed by atoms with Crippen molar-refractivity contribution in [3.8, 4) is 47.4 Å². The minimum Gasteiger partial charge on any atom is -0.265 e. The molecular formula is C34H32N2. The van der Waals surface area contributed by atoms with Gasteiger partial charge in [-0.25, -0.2) is 0 Å². The lowest BCUT2D eigenvalue weighted by Crippen LogP contribution is -2.40. The van der Waals surface area contributed by atoms with E-state index < -0.39 is 0 Å². The van der Waals surface area contributed by atoms with Crippen molar-refractivity contribution in [1.82, 2.24) is 9.97 Å². The minimum absolute atomic E-state index is 0.170. The second-order valence-corrected chi connectivity index (χ2v) is 11.6. The molecule has 0 atom stereocenters. The molecule has 0 amide bonds. The largest absolute Gasteiger partial charge is 0.265 e. The van der Waals surface area contributed by atoms with Crippen LogP contribution in [0.4, 0.5) is 0 Å². The summed E-state index contributed by atoms with van der Waals surface area (Å²) in [6.45, 7) is 0. The first-order valence-corrected chi connectivity index (χ1v) is 13.5. The van der Waals surface area contributed by atoms with E-state index in [-0.39, 0.29) is 21.7 Å². The third kappa shape index (κ3) is 4.67. The maximum Gasteiger partial charge on any atom is 0.0326 e. The van der Waals surface area contributed by atoms with Gasteiger partial charge in [0.2, 0.25) is 0 Å². The van der Waals surface area contributed by atoms with Gasteiger partial charge >= 0.3 is 0 Å². The molecule has 178 valence electrons. The number of aromatic nitrogens is 2. The van der Waals surface area contributed by atoms with Crippen molar-refractivity contribution in [3.05, 3.63) is 60.2 Å². The smallest absolute Gasteiger partial charge is 0.0326 e. The third-order valence-corrected chi connectivity index (χ3v) is 9.52. The number of nitrogens with zero attached hydrogens (tertiary/aromatic N) is 2. The highest BCUT2D eigenvalue weighted by atomic mass is 14.6. The lowest BCUT2D eigenvalue weighted by molar-refractivity contribution is 0.0715. The summed E-state index contributed by atoms with van der Waals surface area (Å²) in [5.74, 6) is 28.0. The standard InChI is InChI=1S/C34H32N2/c1(9-31-13-19-33(20-14-31,21-15-31)11-3-29-5-25-35-26-6-29)2-10-32-16-22-34(23-17-32,24-18-32)12-4-30-7-27-36-28-8-30/h5-8,25-28H,13-24H2. The van der Waals surface area contributed by atoms with Crippen LogP contribution in [0.1, 0.15) is 88.2 Å². The maximum absolute atomic E-state index is 4.09. The second-order valence-electron chi connectivity index (χ2n) is 11.6. The summed E-state index contributed by atoms with van der Waals surface area (Å²) in [6.07, 6.45) is 21.3. The normalized spacial score (nSPS) is 33.4. The first-order chi connectivity index (χ1) is 17.6. The Morgan fingerprint density at radius 2 is 0.694 bits per heavy atom. The molecule has 0 unspecified atom stereocenters. The Hall–Kier alpha value is -3.46. The lowest BCUT2D eigenvalue weighted by atomic mass is 9.54. The fourth-order valence-electron chi connectivity index (χ4n) is 6.73. The quantitative estimate of drug-likeness (QED) is 0.409. The van der Waals surface area contributed by atoms with E-state index in [9.17, 15) is 0 Å². The van der Waals surface area contributed by atoms with Crippen LogP contribution < -0.4 is 0 Å². The molecule has 6 saturated carbocycles. The molecule has 36 heavy (non-hydrogen) atoms. The monoisotopic (exact) mass is 468 g/mol. The first-order valence-electron chi connectivity index (χ1n) is 13.5. The van der Waals surface area contributed by atoms with Crippen molar-refractivity contribution in [2.24, 2.45) is 21.7 Å². The van der Waals surface area contributed by atoms with Crippen molar-refractivity contribution in [1.29, 1.82) is 0 Å². The predicted molar refractivity (Wildman–Crippen MR) is 143 cm³/mol. The molecule has 0 aliphatic heterocycles. The van der Waals surface area contributed by atoms with Crippen molar-refractivity contribution in [2.75, 3.05) is 0 Å². The molecule has 0 saturated heterocycles. The molecule has 8 rings (SSSR count). The molecule has 2 heterocycles. The molecule has 0 radical (unpaired) electrons. The van der Waals surface area contributed by atoms with E-state index in [1.54, 1.807) is 0 Å². The number of rotatable bonds is 0. The van der Waals surface area contributed by atoms with E-state index in [1.807, 2.05) is 49.1 Å². The van der Waals surface area contributed by atoms with Crippen LogP contribution in [0.5, 0.6) is 0 Å². The van der Waals surface area contributed by atoms with Crippen LogP contribution in [0.15, 0.2) is 49.1 Å². The Kier molecular flexibility index (Phi) is 5.87. The highest BCUT2D eigenvalue weighted by Crippen LogP contribution is 2.57.